The molecule has 9 heteroatoms. The molecule has 3 aromatic rings. The van der Waals surface area contributed by atoms with Gasteiger partial charge in [0, 0.05) is 21.9 Å². The number of anilines is 1. The molecule has 0 spiro atoms. The van der Waals surface area contributed by atoms with Crippen molar-refractivity contribution in [1.82, 2.24) is 4.98 Å². The number of hydrogen-bond acceptors (Lipinski definition) is 6. The average molecular weight is 465 g/mol. The molecule has 0 fully saturated rings. The largest absolute Gasteiger partial charge is 0.497 e. The maximum atomic E-state index is 12.3. The third-order valence-corrected chi connectivity index (χ3v) is 7.35. The summed E-state index contributed by atoms with van der Waals surface area (Å²) in [5.74, 6) is 0.376. The molecule has 0 saturated heterocycles. The first-order valence-corrected chi connectivity index (χ1v) is 12.0. The van der Waals surface area contributed by atoms with Crippen LogP contribution in [0.1, 0.15) is 17.7 Å². The molecule has 0 aliphatic heterocycles. The van der Waals surface area contributed by atoms with Crippen LogP contribution in [0.5, 0.6) is 5.75 Å². The molecule has 1 aromatic heterocycles. The van der Waals surface area contributed by atoms with Crippen molar-refractivity contribution in [3.63, 3.8) is 0 Å². The van der Waals surface area contributed by atoms with Crippen LogP contribution in [-0.2, 0) is 14.6 Å². The Balaban J connectivity index is 1.56. The number of aryl methyl sites for hydroxylation is 1. The van der Waals surface area contributed by atoms with Crippen LogP contribution < -0.4 is 10.1 Å². The monoisotopic (exact) mass is 464 g/mol. The first-order chi connectivity index (χ1) is 14.3. The molecule has 0 bridgehead atoms. The number of carbonyl (C=O) groups excluding carboxylic acids is 1. The number of aromatic nitrogens is 1. The second-order valence-electron chi connectivity index (χ2n) is 6.58. The van der Waals surface area contributed by atoms with E-state index in [0.29, 0.717) is 10.2 Å². The van der Waals surface area contributed by atoms with E-state index in [0.717, 1.165) is 21.9 Å². The predicted octanol–water partition coefficient (Wildman–Crippen LogP) is 4.97. The Morgan fingerprint density at radius 3 is 2.43 bits per heavy atom. The molecule has 1 N–H and O–H groups in total. The highest BCUT2D eigenvalue weighted by molar-refractivity contribution is 7.91. The third kappa shape index (κ3) is 5.59. The Kier molecular flexibility index (Phi) is 7.12. The standard InChI is InChI=1S/C21H21ClN2O4S2/c1-14-20(15-5-9-17(28-2)10-6-15)24-21(29-14)23-19(25)4-3-13-30(26,27)18-11-7-16(22)8-12-18/h5-12H,3-4,13H2,1-2H3,(H,23,24,25). The first kappa shape index (κ1) is 22.3. The van der Waals surface area contributed by atoms with E-state index in [-0.39, 0.29) is 29.4 Å². The van der Waals surface area contributed by atoms with Crippen LogP contribution in [0.3, 0.4) is 0 Å². The molecule has 1 amide bonds. The van der Waals surface area contributed by atoms with Crippen LogP contribution >= 0.6 is 22.9 Å². The Morgan fingerprint density at radius 2 is 1.80 bits per heavy atom. The second kappa shape index (κ2) is 9.59. The lowest BCUT2D eigenvalue weighted by atomic mass is 10.1. The van der Waals surface area contributed by atoms with E-state index in [2.05, 4.69) is 10.3 Å². The van der Waals surface area contributed by atoms with Gasteiger partial charge in [-0.25, -0.2) is 13.4 Å². The van der Waals surface area contributed by atoms with Crippen molar-refractivity contribution in [2.24, 2.45) is 0 Å². The molecule has 0 saturated carbocycles. The first-order valence-electron chi connectivity index (χ1n) is 9.18. The van der Waals surface area contributed by atoms with E-state index in [9.17, 15) is 13.2 Å². The molecule has 0 aliphatic rings. The molecule has 0 atom stereocenters. The smallest absolute Gasteiger partial charge is 0.226 e. The number of ether oxygens (including phenoxy) is 1. The van der Waals surface area contributed by atoms with Gasteiger partial charge in [0.05, 0.1) is 23.5 Å². The highest BCUT2D eigenvalue weighted by Gasteiger charge is 2.16. The fourth-order valence-corrected chi connectivity index (χ4v) is 5.12. The maximum absolute atomic E-state index is 12.3. The average Bonchev–Trinajstić information content (AvgIpc) is 3.08. The van der Waals surface area contributed by atoms with E-state index in [1.807, 2.05) is 31.2 Å². The van der Waals surface area contributed by atoms with Crippen molar-refractivity contribution in [3.05, 3.63) is 58.4 Å². The van der Waals surface area contributed by atoms with Gasteiger partial charge < -0.3 is 10.1 Å². The summed E-state index contributed by atoms with van der Waals surface area (Å²) in [6.45, 7) is 1.94. The number of carbonyl (C=O) groups is 1. The Hall–Kier alpha value is -2.42. The Labute approximate surface area is 184 Å². The fourth-order valence-electron chi connectivity index (χ4n) is 2.83. The van der Waals surface area contributed by atoms with Gasteiger partial charge in [-0.3, -0.25) is 4.79 Å². The zero-order chi connectivity index (χ0) is 21.7. The highest BCUT2D eigenvalue weighted by Crippen LogP contribution is 2.31. The fraction of sp³-hybridized carbons (Fsp3) is 0.238. The van der Waals surface area contributed by atoms with Gasteiger partial charge in [0.25, 0.3) is 0 Å². The van der Waals surface area contributed by atoms with Crippen LogP contribution in [0.2, 0.25) is 5.02 Å². The number of hydrogen-bond donors (Lipinski definition) is 1. The quantitative estimate of drug-likeness (QED) is 0.508. The topological polar surface area (TPSA) is 85.4 Å². The number of amides is 1. The number of thiazole rings is 1. The number of rotatable bonds is 8. The van der Waals surface area contributed by atoms with Gasteiger partial charge in [0.1, 0.15) is 5.75 Å². The van der Waals surface area contributed by atoms with Gasteiger partial charge in [0.2, 0.25) is 5.91 Å². The van der Waals surface area contributed by atoms with Crippen molar-refractivity contribution in [3.8, 4) is 17.0 Å². The molecule has 0 radical (unpaired) electrons. The minimum Gasteiger partial charge on any atom is -0.497 e. The molecule has 2 aromatic carbocycles. The summed E-state index contributed by atoms with van der Waals surface area (Å²) < 4.78 is 29.8. The summed E-state index contributed by atoms with van der Waals surface area (Å²) in [6.07, 6.45) is 0.301. The lowest BCUT2D eigenvalue weighted by Crippen LogP contribution is -2.14. The van der Waals surface area contributed by atoms with Crippen LogP contribution in [0, 0.1) is 6.92 Å². The van der Waals surface area contributed by atoms with Crippen molar-refractivity contribution in [2.75, 3.05) is 18.2 Å². The summed E-state index contributed by atoms with van der Waals surface area (Å²) >= 11 is 7.17. The van der Waals surface area contributed by atoms with Crippen LogP contribution in [0.25, 0.3) is 11.3 Å². The van der Waals surface area contributed by atoms with Crippen LogP contribution in [-0.4, -0.2) is 32.2 Å². The Bertz CT molecular complexity index is 1120. The van der Waals surface area contributed by atoms with Gasteiger partial charge in [-0.15, -0.1) is 11.3 Å². The van der Waals surface area contributed by atoms with E-state index in [1.54, 1.807) is 7.11 Å². The normalized spacial score (nSPS) is 11.3. The second-order valence-corrected chi connectivity index (χ2v) is 10.3. The molecule has 30 heavy (non-hydrogen) atoms. The van der Waals surface area contributed by atoms with E-state index >= 15 is 0 Å². The van der Waals surface area contributed by atoms with Crippen molar-refractivity contribution in [1.29, 1.82) is 0 Å². The molecule has 158 valence electrons. The maximum Gasteiger partial charge on any atom is 0.226 e. The number of methoxy groups -OCH3 is 1. The minimum atomic E-state index is -3.45. The summed E-state index contributed by atoms with van der Waals surface area (Å²) in [5, 5.41) is 3.72. The Morgan fingerprint density at radius 1 is 1.13 bits per heavy atom. The van der Waals surface area contributed by atoms with E-state index in [1.165, 1.54) is 35.6 Å². The van der Waals surface area contributed by atoms with Gasteiger partial charge in [-0.2, -0.15) is 0 Å². The molecule has 0 unspecified atom stereocenters. The SMILES string of the molecule is COc1ccc(-c2nc(NC(=O)CCCS(=O)(=O)c3ccc(Cl)cc3)sc2C)cc1. The lowest BCUT2D eigenvalue weighted by Gasteiger charge is -2.05. The summed E-state index contributed by atoms with van der Waals surface area (Å²) in [7, 11) is -1.84. The van der Waals surface area contributed by atoms with Crippen molar-refractivity contribution < 1.29 is 17.9 Å². The summed E-state index contributed by atoms with van der Waals surface area (Å²) in [6, 6.07) is 13.5. The predicted molar refractivity (Wildman–Crippen MR) is 120 cm³/mol. The minimum absolute atomic E-state index is 0.0866. The summed E-state index contributed by atoms with van der Waals surface area (Å²) in [4.78, 5) is 17.9. The molecule has 1 heterocycles. The molecule has 0 aliphatic carbocycles. The van der Waals surface area contributed by atoms with Crippen molar-refractivity contribution in [2.45, 2.75) is 24.7 Å². The number of nitrogens with one attached hydrogen (secondary N) is 1. The molecular formula is C21H21ClN2O4S2. The van der Waals surface area contributed by atoms with Gasteiger partial charge in [-0.05, 0) is 61.9 Å². The summed E-state index contributed by atoms with van der Waals surface area (Å²) in [5.41, 5.74) is 1.72. The molecule has 3 rings (SSSR count). The number of benzene rings is 2. The lowest BCUT2D eigenvalue weighted by molar-refractivity contribution is -0.116. The van der Waals surface area contributed by atoms with Gasteiger partial charge in [0.15, 0.2) is 15.0 Å². The molecule has 6 nitrogen and oxygen atoms in total. The van der Waals surface area contributed by atoms with E-state index < -0.39 is 9.84 Å². The zero-order valence-electron chi connectivity index (χ0n) is 16.5. The van der Waals surface area contributed by atoms with Crippen LogP contribution in [0.4, 0.5) is 5.13 Å². The third-order valence-electron chi connectivity index (χ3n) is 4.40. The zero-order valence-corrected chi connectivity index (χ0v) is 18.9. The number of halogens is 1. The van der Waals surface area contributed by atoms with Crippen LogP contribution in [0.15, 0.2) is 53.4 Å². The van der Waals surface area contributed by atoms with Crippen molar-refractivity contribution >= 4 is 43.8 Å². The number of sulfone groups is 1. The highest BCUT2D eigenvalue weighted by atomic mass is 35.5. The number of nitrogens with zero attached hydrogens (tertiary/aromatic N) is 1. The van der Waals surface area contributed by atoms with Gasteiger partial charge >= 0.3 is 0 Å². The van der Waals surface area contributed by atoms with E-state index in [4.69, 9.17) is 16.3 Å². The van der Waals surface area contributed by atoms with Gasteiger partial charge in [-0.1, -0.05) is 11.6 Å². The molecular weight excluding hydrogens is 444 g/mol.